The maximum Gasteiger partial charge on any atom is 0.0431 e. The number of halogens is 1. The number of aromatic nitrogens is 1. The highest BCUT2D eigenvalue weighted by Crippen LogP contribution is 2.31. The molecular weight excluding hydrogens is 238 g/mol. The van der Waals surface area contributed by atoms with Crippen molar-refractivity contribution in [1.82, 2.24) is 4.98 Å². The van der Waals surface area contributed by atoms with Gasteiger partial charge >= 0.3 is 0 Å². The lowest BCUT2D eigenvalue weighted by Gasteiger charge is -2.02. The van der Waals surface area contributed by atoms with Crippen LogP contribution >= 0.6 is 15.9 Å². The average molecular weight is 250 g/mol. The van der Waals surface area contributed by atoms with Crippen LogP contribution in [0.15, 0.2) is 41.0 Å². The molecule has 0 unspecified atom stereocenters. The molecule has 72 valence electrons. The molecule has 2 rings (SSSR count). The Balaban J connectivity index is 2.55. The van der Waals surface area contributed by atoms with Gasteiger partial charge in [0.15, 0.2) is 0 Å². The molecule has 0 aliphatic heterocycles. The van der Waals surface area contributed by atoms with Crippen LogP contribution in [0.3, 0.4) is 0 Å². The van der Waals surface area contributed by atoms with Crippen LogP contribution in [0.2, 0.25) is 0 Å². The predicted octanol–water partition coefficient (Wildman–Crippen LogP) is 4.01. The van der Waals surface area contributed by atoms with Gasteiger partial charge in [-0.15, -0.1) is 0 Å². The first kappa shape index (κ1) is 9.53. The van der Waals surface area contributed by atoms with Gasteiger partial charge in [0, 0.05) is 21.9 Å². The van der Waals surface area contributed by atoms with E-state index in [1.807, 2.05) is 12.3 Å². The summed E-state index contributed by atoms with van der Waals surface area (Å²) >= 11 is 3.56. The van der Waals surface area contributed by atoms with Crippen molar-refractivity contribution in [2.24, 2.45) is 0 Å². The zero-order valence-corrected chi connectivity index (χ0v) is 9.64. The third-order valence-corrected chi connectivity index (χ3v) is 2.96. The SMILES string of the molecule is CCc1[nH]cc(Br)c1-c1ccccc1. The van der Waals surface area contributed by atoms with E-state index >= 15 is 0 Å². The van der Waals surface area contributed by atoms with Gasteiger partial charge in [-0.2, -0.15) is 0 Å². The van der Waals surface area contributed by atoms with E-state index < -0.39 is 0 Å². The highest BCUT2D eigenvalue weighted by molar-refractivity contribution is 9.10. The number of nitrogens with one attached hydrogen (secondary N) is 1. The first-order valence-electron chi connectivity index (χ1n) is 4.74. The van der Waals surface area contributed by atoms with Crippen molar-refractivity contribution in [1.29, 1.82) is 0 Å². The fraction of sp³-hybridized carbons (Fsp3) is 0.167. The van der Waals surface area contributed by atoms with Gasteiger partial charge in [0.2, 0.25) is 0 Å². The maximum atomic E-state index is 3.56. The molecule has 1 aromatic heterocycles. The quantitative estimate of drug-likeness (QED) is 0.828. The van der Waals surface area contributed by atoms with Gasteiger partial charge in [-0.3, -0.25) is 0 Å². The Hall–Kier alpha value is -1.02. The van der Waals surface area contributed by atoms with E-state index in [2.05, 4.69) is 52.1 Å². The number of rotatable bonds is 2. The first-order chi connectivity index (χ1) is 6.83. The van der Waals surface area contributed by atoms with Crippen LogP contribution in [0.25, 0.3) is 11.1 Å². The molecular formula is C12H12BrN. The Morgan fingerprint density at radius 1 is 1.21 bits per heavy atom. The fourth-order valence-electron chi connectivity index (χ4n) is 1.63. The molecule has 2 aromatic rings. The van der Waals surface area contributed by atoms with E-state index in [4.69, 9.17) is 0 Å². The van der Waals surface area contributed by atoms with Crippen molar-refractivity contribution < 1.29 is 0 Å². The lowest BCUT2D eigenvalue weighted by molar-refractivity contribution is 1.07. The van der Waals surface area contributed by atoms with Crippen LogP contribution in [0, 0.1) is 0 Å². The van der Waals surface area contributed by atoms with Gasteiger partial charge in [-0.25, -0.2) is 0 Å². The molecule has 1 aromatic carbocycles. The molecule has 1 nitrogen and oxygen atoms in total. The second-order valence-corrected chi connectivity index (χ2v) is 4.06. The van der Waals surface area contributed by atoms with Crippen LogP contribution in [0.1, 0.15) is 12.6 Å². The van der Waals surface area contributed by atoms with Gasteiger partial charge in [-0.1, -0.05) is 37.3 Å². The van der Waals surface area contributed by atoms with E-state index in [1.54, 1.807) is 0 Å². The van der Waals surface area contributed by atoms with Gasteiger partial charge < -0.3 is 4.98 Å². The number of aromatic amines is 1. The molecule has 1 heterocycles. The summed E-state index contributed by atoms with van der Waals surface area (Å²) in [7, 11) is 0. The molecule has 0 fully saturated rings. The third kappa shape index (κ3) is 1.62. The van der Waals surface area contributed by atoms with Crippen molar-refractivity contribution in [2.45, 2.75) is 13.3 Å². The van der Waals surface area contributed by atoms with E-state index in [0.29, 0.717) is 0 Å². The minimum Gasteiger partial charge on any atom is -0.363 e. The lowest BCUT2D eigenvalue weighted by Crippen LogP contribution is -1.84. The Labute approximate surface area is 92.3 Å². The molecule has 14 heavy (non-hydrogen) atoms. The number of hydrogen-bond donors (Lipinski definition) is 1. The van der Waals surface area contributed by atoms with Gasteiger partial charge in [0.1, 0.15) is 0 Å². The number of H-pyrrole nitrogens is 1. The smallest absolute Gasteiger partial charge is 0.0431 e. The van der Waals surface area contributed by atoms with E-state index in [9.17, 15) is 0 Å². The molecule has 0 saturated carbocycles. The van der Waals surface area contributed by atoms with Gasteiger partial charge in [0.25, 0.3) is 0 Å². The molecule has 0 bridgehead atoms. The molecule has 0 amide bonds. The summed E-state index contributed by atoms with van der Waals surface area (Å²) in [6, 6.07) is 10.4. The molecule has 0 aliphatic carbocycles. The van der Waals surface area contributed by atoms with Crippen molar-refractivity contribution in [3.05, 3.63) is 46.7 Å². The highest BCUT2D eigenvalue weighted by Gasteiger charge is 2.08. The summed E-state index contributed by atoms with van der Waals surface area (Å²) in [5.74, 6) is 0. The number of benzene rings is 1. The Morgan fingerprint density at radius 2 is 1.93 bits per heavy atom. The van der Waals surface area contributed by atoms with E-state index in [0.717, 1.165) is 10.9 Å². The Morgan fingerprint density at radius 3 is 2.57 bits per heavy atom. The van der Waals surface area contributed by atoms with Crippen LogP contribution in [-0.2, 0) is 6.42 Å². The highest BCUT2D eigenvalue weighted by atomic mass is 79.9. The zero-order valence-electron chi connectivity index (χ0n) is 8.05. The number of hydrogen-bond acceptors (Lipinski definition) is 0. The van der Waals surface area contributed by atoms with Crippen LogP contribution < -0.4 is 0 Å². The molecule has 0 aliphatic rings. The standard InChI is InChI=1S/C12H12BrN/c1-2-11-12(10(13)8-14-11)9-6-4-3-5-7-9/h3-8,14H,2H2,1H3. The second-order valence-electron chi connectivity index (χ2n) is 3.21. The largest absolute Gasteiger partial charge is 0.363 e. The first-order valence-corrected chi connectivity index (χ1v) is 5.53. The summed E-state index contributed by atoms with van der Waals surface area (Å²) < 4.78 is 1.14. The van der Waals surface area contributed by atoms with Crippen molar-refractivity contribution >= 4 is 15.9 Å². The predicted molar refractivity (Wildman–Crippen MR) is 63.3 cm³/mol. The maximum absolute atomic E-state index is 3.56. The van der Waals surface area contributed by atoms with E-state index in [-0.39, 0.29) is 0 Å². The fourth-order valence-corrected chi connectivity index (χ4v) is 2.22. The monoisotopic (exact) mass is 249 g/mol. The molecule has 2 heteroatoms. The molecule has 0 atom stereocenters. The Bertz CT molecular complexity index is 417. The van der Waals surface area contributed by atoms with E-state index in [1.165, 1.54) is 16.8 Å². The third-order valence-electron chi connectivity index (χ3n) is 2.33. The zero-order chi connectivity index (χ0) is 9.97. The summed E-state index contributed by atoms with van der Waals surface area (Å²) in [5, 5.41) is 0. The van der Waals surface area contributed by atoms with Gasteiger partial charge in [0.05, 0.1) is 0 Å². The van der Waals surface area contributed by atoms with Crippen LogP contribution in [0.5, 0.6) is 0 Å². The minimum atomic E-state index is 1.02. The summed E-state index contributed by atoms with van der Waals surface area (Å²) in [4.78, 5) is 3.28. The summed E-state index contributed by atoms with van der Waals surface area (Å²) in [5.41, 5.74) is 3.83. The van der Waals surface area contributed by atoms with Crippen LogP contribution in [-0.4, -0.2) is 4.98 Å². The normalized spacial score (nSPS) is 10.4. The molecule has 0 radical (unpaired) electrons. The molecule has 0 saturated heterocycles. The molecule has 1 N–H and O–H groups in total. The summed E-state index contributed by atoms with van der Waals surface area (Å²) in [6.07, 6.45) is 3.02. The number of aryl methyl sites for hydroxylation is 1. The molecule has 0 spiro atoms. The van der Waals surface area contributed by atoms with Crippen molar-refractivity contribution in [3.8, 4) is 11.1 Å². The second kappa shape index (κ2) is 4.01. The average Bonchev–Trinajstić information content (AvgIpc) is 2.61. The van der Waals surface area contributed by atoms with Crippen molar-refractivity contribution in [3.63, 3.8) is 0 Å². The van der Waals surface area contributed by atoms with Gasteiger partial charge in [-0.05, 0) is 27.9 Å². The van der Waals surface area contributed by atoms with Crippen molar-refractivity contribution in [2.75, 3.05) is 0 Å². The lowest BCUT2D eigenvalue weighted by atomic mass is 10.1. The Kier molecular flexibility index (Phi) is 2.73. The topological polar surface area (TPSA) is 15.8 Å². The minimum absolute atomic E-state index is 1.02. The summed E-state index contributed by atoms with van der Waals surface area (Å²) in [6.45, 7) is 2.16. The van der Waals surface area contributed by atoms with Crippen LogP contribution in [0.4, 0.5) is 0 Å².